The van der Waals surface area contributed by atoms with Crippen LogP contribution >= 0.6 is 0 Å². The molecule has 0 unspecified atom stereocenters. The van der Waals surface area contributed by atoms with Gasteiger partial charge >= 0.3 is 6.18 Å². The van der Waals surface area contributed by atoms with Crippen molar-refractivity contribution in [2.45, 2.75) is 24.9 Å². The van der Waals surface area contributed by atoms with Crippen LogP contribution in [0.15, 0.2) is 83.6 Å². The Balaban J connectivity index is 1.14. The Labute approximate surface area is 216 Å². The van der Waals surface area contributed by atoms with Gasteiger partial charge in [-0.05, 0) is 60.7 Å². The molecule has 4 aromatic rings. The monoisotopic (exact) mass is 519 g/mol. The van der Waals surface area contributed by atoms with Crippen LogP contribution in [0.4, 0.5) is 18.9 Å². The first-order valence-corrected chi connectivity index (χ1v) is 12.2. The van der Waals surface area contributed by atoms with E-state index in [4.69, 9.17) is 4.42 Å². The van der Waals surface area contributed by atoms with Crippen molar-refractivity contribution in [3.05, 3.63) is 102 Å². The average molecular weight is 520 g/mol. The van der Waals surface area contributed by atoms with Crippen molar-refractivity contribution >= 4 is 34.5 Å². The molecule has 1 aliphatic rings. The van der Waals surface area contributed by atoms with Crippen LogP contribution in [0.1, 0.15) is 46.0 Å². The SMILES string of the molecule is O=C(/C=C/c1cc2ccccc2o1)Nc1ccc(C2CCN(C(=O)c3cncc(C(F)(F)F)c3)CC2)cc1. The highest BCUT2D eigenvalue weighted by Crippen LogP contribution is 2.31. The lowest BCUT2D eigenvalue weighted by molar-refractivity contribution is -0.137. The van der Waals surface area contributed by atoms with Crippen LogP contribution in [0.5, 0.6) is 0 Å². The molecule has 1 N–H and O–H groups in total. The van der Waals surface area contributed by atoms with E-state index in [2.05, 4.69) is 10.3 Å². The summed E-state index contributed by atoms with van der Waals surface area (Å²) in [4.78, 5) is 30.2. The van der Waals surface area contributed by atoms with Crippen LogP contribution in [-0.2, 0) is 11.0 Å². The predicted octanol–water partition coefficient (Wildman–Crippen LogP) is 6.52. The fourth-order valence-electron chi connectivity index (χ4n) is 4.58. The molecule has 0 spiro atoms. The molecule has 38 heavy (non-hydrogen) atoms. The van der Waals surface area contributed by atoms with Gasteiger partial charge in [0.1, 0.15) is 11.3 Å². The first-order valence-electron chi connectivity index (χ1n) is 12.2. The molecule has 6 nitrogen and oxygen atoms in total. The third-order valence-electron chi connectivity index (χ3n) is 6.59. The van der Waals surface area contributed by atoms with Gasteiger partial charge in [-0.1, -0.05) is 30.3 Å². The zero-order chi connectivity index (χ0) is 26.7. The first-order chi connectivity index (χ1) is 18.3. The number of para-hydroxylation sites is 1. The van der Waals surface area contributed by atoms with Crippen LogP contribution in [0.25, 0.3) is 17.0 Å². The van der Waals surface area contributed by atoms with Crippen molar-refractivity contribution in [2.24, 2.45) is 0 Å². The zero-order valence-electron chi connectivity index (χ0n) is 20.2. The summed E-state index contributed by atoms with van der Waals surface area (Å²) in [7, 11) is 0. The number of benzene rings is 2. The molecule has 0 atom stereocenters. The van der Waals surface area contributed by atoms with Gasteiger partial charge in [0.2, 0.25) is 5.91 Å². The molecular weight excluding hydrogens is 495 g/mol. The number of alkyl halides is 3. The Kier molecular flexibility index (Phi) is 7.00. The van der Waals surface area contributed by atoms with E-state index >= 15 is 0 Å². The summed E-state index contributed by atoms with van der Waals surface area (Å²) in [5.74, 6) is 0.0622. The quantitative estimate of drug-likeness (QED) is 0.305. The largest absolute Gasteiger partial charge is 0.457 e. The molecule has 2 aromatic heterocycles. The van der Waals surface area contributed by atoms with Crippen molar-refractivity contribution in [1.29, 1.82) is 0 Å². The highest BCUT2D eigenvalue weighted by molar-refractivity contribution is 6.02. The molecule has 2 amide bonds. The second-order valence-electron chi connectivity index (χ2n) is 9.16. The smallest absolute Gasteiger partial charge is 0.417 e. The molecular formula is C29H24F3N3O3. The van der Waals surface area contributed by atoms with E-state index in [0.717, 1.165) is 22.6 Å². The molecule has 2 aromatic carbocycles. The summed E-state index contributed by atoms with van der Waals surface area (Å²) < 4.78 is 44.6. The number of anilines is 1. The van der Waals surface area contributed by atoms with Gasteiger partial charge in [0.05, 0.1) is 11.1 Å². The summed E-state index contributed by atoms with van der Waals surface area (Å²) >= 11 is 0. The number of piperidine rings is 1. The highest BCUT2D eigenvalue weighted by Gasteiger charge is 2.32. The number of nitrogens with one attached hydrogen (secondary N) is 1. The molecule has 0 radical (unpaired) electrons. The number of fused-ring (bicyclic) bond motifs is 1. The average Bonchev–Trinajstić information content (AvgIpc) is 3.35. The number of halogens is 3. The second kappa shape index (κ2) is 10.5. The van der Waals surface area contributed by atoms with Crippen LogP contribution in [0, 0.1) is 0 Å². The Morgan fingerprint density at radius 2 is 1.74 bits per heavy atom. The summed E-state index contributed by atoms with van der Waals surface area (Å²) in [5.41, 5.74) is 1.49. The van der Waals surface area contributed by atoms with E-state index in [1.807, 2.05) is 54.6 Å². The van der Waals surface area contributed by atoms with Crippen LogP contribution < -0.4 is 5.32 Å². The number of nitrogens with zero attached hydrogens (tertiary/aromatic N) is 2. The molecule has 1 fully saturated rings. The molecule has 9 heteroatoms. The second-order valence-corrected chi connectivity index (χ2v) is 9.16. The molecule has 5 rings (SSSR count). The molecule has 1 saturated heterocycles. The lowest BCUT2D eigenvalue weighted by Gasteiger charge is -2.32. The van der Waals surface area contributed by atoms with Crippen molar-refractivity contribution in [3.8, 4) is 0 Å². The van der Waals surface area contributed by atoms with E-state index in [-0.39, 0.29) is 17.4 Å². The molecule has 194 valence electrons. The van der Waals surface area contributed by atoms with Gasteiger partial charge < -0.3 is 14.6 Å². The number of carbonyl (C=O) groups excluding carboxylic acids is 2. The summed E-state index contributed by atoms with van der Waals surface area (Å²) in [6.07, 6.45) is 1.74. The zero-order valence-corrected chi connectivity index (χ0v) is 20.2. The minimum Gasteiger partial charge on any atom is -0.457 e. The number of furan rings is 1. The van der Waals surface area contributed by atoms with Gasteiger partial charge in [-0.15, -0.1) is 0 Å². The Morgan fingerprint density at radius 3 is 2.45 bits per heavy atom. The number of likely N-dealkylation sites (tertiary alicyclic amines) is 1. The maximum absolute atomic E-state index is 13.0. The minimum absolute atomic E-state index is 0.0623. The number of rotatable bonds is 5. The van der Waals surface area contributed by atoms with Crippen molar-refractivity contribution in [3.63, 3.8) is 0 Å². The molecule has 3 heterocycles. The van der Waals surface area contributed by atoms with Gasteiger partial charge in [0, 0.05) is 42.6 Å². The van der Waals surface area contributed by atoms with E-state index in [1.165, 1.54) is 12.3 Å². The lowest BCUT2D eigenvalue weighted by atomic mass is 9.89. The highest BCUT2D eigenvalue weighted by atomic mass is 19.4. The number of carbonyl (C=O) groups is 2. The van der Waals surface area contributed by atoms with Gasteiger partial charge in [0.25, 0.3) is 5.91 Å². The topological polar surface area (TPSA) is 75.4 Å². The van der Waals surface area contributed by atoms with Gasteiger partial charge in [0.15, 0.2) is 0 Å². The molecule has 0 saturated carbocycles. The number of hydrogen-bond acceptors (Lipinski definition) is 4. The standard InChI is InChI=1S/C29H24F3N3O3/c30-29(31,32)23-15-22(17-33-18-23)28(37)35-13-11-20(12-14-35)19-5-7-24(8-6-19)34-27(36)10-9-25-16-21-3-1-2-4-26(21)38-25/h1-10,15-18,20H,11-14H2,(H,34,36)/b10-9+. The molecule has 0 bridgehead atoms. The normalized spacial score (nSPS) is 14.8. The Morgan fingerprint density at radius 1 is 1.00 bits per heavy atom. The van der Waals surface area contributed by atoms with Crippen molar-refractivity contribution in [2.75, 3.05) is 18.4 Å². The van der Waals surface area contributed by atoms with Crippen molar-refractivity contribution < 1.29 is 27.2 Å². The fraction of sp³-hybridized carbons (Fsp3) is 0.207. The number of hydrogen-bond donors (Lipinski definition) is 1. The Bertz CT molecular complexity index is 1450. The van der Waals surface area contributed by atoms with Crippen LogP contribution in [0.2, 0.25) is 0 Å². The number of pyridine rings is 1. The number of aromatic nitrogens is 1. The van der Waals surface area contributed by atoms with Crippen LogP contribution in [0.3, 0.4) is 0 Å². The molecule has 0 aliphatic carbocycles. The maximum atomic E-state index is 13.0. The van der Waals surface area contributed by atoms with E-state index in [0.29, 0.717) is 43.6 Å². The van der Waals surface area contributed by atoms with E-state index in [9.17, 15) is 22.8 Å². The van der Waals surface area contributed by atoms with E-state index in [1.54, 1.807) is 11.0 Å². The summed E-state index contributed by atoms with van der Waals surface area (Å²) in [6.45, 7) is 0.871. The van der Waals surface area contributed by atoms with E-state index < -0.39 is 17.6 Å². The van der Waals surface area contributed by atoms with Gasteiger partial charge in [-0.25, -0.2) is 0 Å². The fourth-order valence-corrected chi connectivity index (χ4v) is 4.58. The Hall–Kier alpha value is -4.40. The summed E-state index contributed by atoms with van der Waals surface area (Å²) in [5, 5.41) is 3.79. The summed E-state index contributed by atoms with van der Waals surface area (Å²) in [6, 6.07) is 17.9. The minimum atomic E-state index is -4.55. The maximum Gasteiger partial charge on any atom is 0.417 e. The third kappa shape index (κ3) is 5.77. The predicted molar refractivity (Wildman–Crippen MR) is 137 cm³/mol. The van der Waals surface area contributed by atoms with Gasteiger partial charge in [-0.3, -0.25) is 14.6 Å². The molecule has 1 aliphatic heterocycles. The van der Waals surface area contributed by atoms with Gasteiger partial charge in [-0.2, -0.15) is 13.2 Å². The van der Waals surface area contributed by atoms with Crippen molar-refractivity contribution in [1.82, 2.24) is 9.88 Å². The third-order valence-corrected chi connectivity index (χ3v) is 6.59. The van der Waals surface area contributed by atoms with Crippen LogP contribution in [-0.4, -0.2) is 34.8 Å². The lowest BCUT2D eigenvalue weighted by Crippen LogP contribution is -2.38. The first kappa shape index (κ1) is 25.3. The number of amides is 2.